The Balaban J connectivity index is 1.81. The van der Waals surface area contributed by atoms with Crippen molar-refractivity contribution in [3.05, 3.63) is 70.6 Å². The second-order valence-electron chi connectivity index (χ2n) is 5.09. The number of hydrogen-bond donors (Lipinski definition) is 2. The highest BCUT2D eigenvalue weighted by molar-refractivity contribution is 6.30. The molecule has 6 heteroatoms. The number of anilines is 1. The van der Waals surface area contributed by atoms with Gasteiger partial charge in [-0.25, -0.2) is 4.39 Å². The number of benzene rings is 2. The zero-order valence-electron chi connectivity index (χ0n) is 12.2. The molecule has 0 aliphatic rings. The zero-order valence-corrected chi connectivity index (χ0v) is 13.0. The lowest BCUT2D eigenvalue weighted by Gasteiger charge is -2.06. The first kappa shape index (κ1) is 15.2. The summed E-state index contributed by atoms with van der Waals surface area (Å²) in [6.45, 7) is 1.79. The SMILES string of the molecule is Cc1ccc(F)cc1NC(=O)c1cc(-c2ccc(Cl)cc2)n[nH]1. The Hall–Kier alpha value is -2.66. The Morgan fingerprint density at radius 3 is 2.65 bits per heavy atom. The number of aryl methyl sites for hydroxylation is 1. The van der Waals surface area contributed by atoms with E-state index in [0.29, 0.717) is 22.1 Å². The third kappa shape index (κ3) is 3.40. The minimum absolute atomic E-state index is 0.290. The van der Waals surface area contributed by atoms with E-state index < -0.39 is 5.82 Å². The summed E-state index contributed by atoms with van der Waals surface area (Å²) in [6, 6.07) is 13.0. The van der Waals surface area contributed by atoms with Gasteiger partial charge in [0.2, 0.25) is 0 Å². The van der Waals surface area contributed by atoms with E-state index in [1.54, 1.807) is 31.2 Å². The molecule has 1 aromatic heterocycles. The number of aromatic amines is 1. The number of H-pyrrole nitrogens is 1. The van der Waals surface area contributed by atoms with Crippen LogP contribution in [0, 0.1) is 12.7 Å². The fraction of sp³-hybridized carbons (Fsp3) is 0.0588. The van der Waals surface area contributed by atoms with Gasteiger partial charge in [-0.05, 0) is 42.8 Å². The predicted molar refractivity (Wildman–Crippen MR) is 88.1 cm³/mol. The lowest BCUT2D eigenvalue weighted by atomic mass is 10.1. The van der Waals surface area contributed by atoms with Crippen LogP contribution >= 0.6 is 11.6 Å². The van der Waals surface area contributed by atoms with Gasteiger partial charge in [-0.3, -0.25) is 9.89 Å². The summed E-state index contributed by atoms with van der Waals surface area (Å²) in [5.74, 6) is -0.788. The van der Waals surface area contributed by atoms with Crippen LogP contribution in [0.25, 0.3) is 11.3 Å². The summed E-state index contributed by atoms with van der Waals surface area (Å²) in [6.07, 6.45) is 0. The van der Waals surface area contributed by atoms with E-state index in [2.05, 4.69) is 15.5 Å². The van der Waals surface area contributed by atoms with Crippen molar-refractivity contribution < 1.29 is 9.18 Å². The van der Waals surface area contributed by atoms with Crippen molar-refractivity contribution in [1.82, 2.24) is 10.2 Å². The number of aromatic nitrogens is 2. The number of nitrogens with one attached hydrogen (secondary N) is 2. The highest BCUT2D eigenvalue weighted by atomic mass is 35.5. The van der Waals surface area contributed by atoms with Gasteiger partial charge in [0, 0.05) is 16.3 Å². The molecule has 0 bridgehead atoms. The van der Waals surface area contributed by atoms with Crippen LogP contribution in [0.5, 0.6) is 0 Å². The monoisotopic (exact) mass is 329 g/mol. The van der Waals surface area contributed by atoms with Crippen LogP contribution in [0.4, 0.5) is 10.1 Å². The number of carbonyl (C=O) groups is 1. The molecule has 116 valence electrons. The van der Waals surface area contributed by atoms with Crippen LogP contribution in [0.1, 0.15) is 16.1 Å². The predicted octanol–water partition coefficient (Wildman–Crippen LogP) is 4.43. The van der Waals surface area contributed by atoms with Crippen LogP contribution < -0.4 is 5.32 Å². The molecule has 2 N–H and O–H groups in total. The van der Waals surface area contributed by atoms with Crippen molar-refractivity contribution in [2.45, 2.75) is 6.92 Å². The van der Waals surface area contributed by atoms with Gasteiger partial charge in [0.25, 0.3) is 5.91 Å². The molecule has 1 heterocycles. The molecule has 0 fully saturated rings. The first-order chi connectivity index (χ1) is 11.0. The standard InChI is InChI=1S/C17H13ClFN3O/c1-10-2-7-13(19)8-14(10)20-17(23)16-9-15(21-22-16)11-3-5-12(18)6-4-11/h2-9H,1H3,(H,20,23)(H,21,22). The van der Waals surface area contributed by atoms with Crippen molar-refractivity contribution in [3.8, 4) is 11.3 Å². The number of carbonyl (C=O) groups excluding carboxylic acids is 1. The number of halogens is 2. The molecule has 0 spiro atoms. The first-order valence-electron chi connectivity index (χ1n) is 6.92. The number of amides is 1. The van der Waals surface area contributed by atoms with Gasteiger partial charge >= 0.3 is 0 Å². The van der Waals surface area contributed by atoms with Gasteiger partial charge in [0.05, 0.1) is 5.69 Å². The Morgan fingerprint density at radius 2 is 1.91 bits per heavy atom. The van der Waals surface area contributed by atoms with Gasteiger partial charge in [0.1, 0.15) is 11.5 Å². The van der Waals surface area contributed by atoms with Crippen LogP contribution in [0.2, 0.25) is 5.02 Å². The van der Waals surface area contributed by atoms with Gasteiger partial charge in [-0.15, -0.1) is 0 Å². The largest absolute Gasteiger partial charge is 0.320 e. The second kappa shape index (κ2) is 6.22. The van der Waals surface area contributed by atoms with Crippen molar-refractivity contribution in [3.63, 3.8) is 0 Å². The molecule has 0 saturated heterocycles. The van der Waals surface area contributed by atoms with Crippen LogP contribution in [-0.4, -0.2) is 16.1 Å². The quantitative estimate of drug-likeness (QED) is 0.746. The van der Waals surface area contributed by atoms with Gasteiger partial charge in [0.15, 0.2) is 0 Å². The molecule has 0 radical (unpaired) electrons. The number of nitrogens with zero attached hydrogens (tertiary/aromatic N) is 1. The average Bonchev–Trinajstić information content (AvgIpc) is 3.02. The van der Waals surface area contributed by atoms with Gasteiger partial charge in [-0.2, -0.15) is 5.10 Å². The molecule has 1 amide bonds. The second-order valence-corrected chi connectivity index (χ2v) is 5.52. The number of rotatable bonds is 3. The summed E-state index contributed by atoms with van der Waals surface area (Å²) in [7, 11) is 0. The molecule has 3 aromatic rings. The van der Waals surface area contributed by atoms with E-state index in [1.165, 1.54) is 12.1 Å². The lowest BCUT2D eigenvalue weighted by molar-refractivity contribution is 0.102. The summed E-state index contributed by atoms with van der Waals surface area (Å²) in [5, 5.41) is 10.1. The number of hydrogen-bond acceptors (Lipinski definition) is 2. The van der Waals surface area contributed by atoms with Crippen LogP contribution in [0.3, 0.4) is 0 Å². The molecular weight excluding hydrogens is 317 g/mol. The maximum atomic E-state index is 13.3. The van der Waals surface area contributed by atoms with Crippen molar-refractivity contribution in [2.75, 3.05) is 5.32 Å². The molecule has 0 atom stereocenters. The van der Waals surface area contributed by atoms with E-state index in [4.69, 9.17) is 11.6 Å². The van der Waals surface area contributed by atoms with Crippen LogP contribution in [0.15, 0.2) is 48.5 Å². The average molecular weight is 330 g/mol. The molecule has 23 heavy (non-hydrogen) atoms. The highest BCUT2D eigenvalue weighted by Crippen LogP contribution is 2.21. The Kier molecular flexibility index (Phi) is 4.12. The topological polar surface area (TPSA) is 57.8 Å². The normalized spacial score (nSPS) is 10.6. The minimum atomic E-state index is -0.405. The van der Waals surface area contributed by atoms with Crippen molar-refractivity contribution in [2.24, 2.45) is 0 Å². The Morgan fingerprint density at radius 1 is 1.17 bits per heavy atom. The first-order valence-corrected chi connectivity index (χ1v) is 7.29. The summed E-state index contributed by atoms with van der Waals surface area (Å²) in [5.41, 5.74) is 2.96. The van der Waals surface area contributed by atoms with Gasteiger partial charge < -0.3 is 5.32 Å². The Bertz CT molecular complexity index is 859. The summed E-state index contributed by atoms with van der Waals surface area (Å²) >= 11 is 5.85. The lowest BCUT2D eigenvalue weighted by Crippen LogP contribution is -2.13. The molecule has 3 rings (SSSR count). The maximum Gasteiger partial charge on any atom is 0.273 e. The third-order valence-electron chi connectivity index (χ3n) is 3.41. The fourth-order valence-corrected chi connectivity index (χ4v) is 2.25. The Labute approximate surface area is 137 Å². The maximum absolute atomic E-state index is 13.3. The van der Waals surface area contributed by atoms with E-state index in [-0.39, 0.29) is 5.91 Å². The van der Waals surface area contributed by atoms with E-state index in [0.717, 1.165) is 11.1 Å². The fourth-order valence-electron chi connectivity index (χ4n) is 2.13. The molecule has 0 aliphatic heterocycles. The van der Waals surface area contributed by atoms with Crippen molar-refractivity contribution in [1.29, 1.82) is 0 Å². The molecule has 0 saturated carbocycles. The summed E-state index contributed by atoms with van der Waals surface area (Å²) in [4.78, 5) is 12.3. The molecule has 0 unspecified atom stereocenters. The highest BCUT2D eigenvalue weighted by Gasteiger charge is 2.12. The van der Waals surface area contributed by atoms with E-state index >= 15 is 0 Å². The summed E-state index contributed by atoms with van der Waals surface area (Å²) < 4.78 is 13.3. The molecule has 0 aliphatic carbocycles. The van der Waals surface area contributed by atoms with Crippen LogP contribution in [-0.2, 0) is 0 Å². The minimum Gasteiger partial charge on any atom is -0.320 e. The molecular formula is C17H13ClFN3O. The third-order valence-corrected chi connectivity index (χ3v) is 3.66. The smallest absolute Gasteiger partial charge is 0.273 e. The molecule has 4 nitrogen and oxygen atoms in total. The van der Waals surface area contributed by atoms with Crippen molar-refractivity contribution >= 4 is 23.2 Å². The van der Waals surface area contributed by atoms with E-state index in [1.807, 2.05) is 12.1 Å². The van der Waals surface area contributed by atoms with Gasteiger partial charge in [-0.1, -0.05) is 29.8 Å². The zero-order chi connectivity index (χ0) is 16.4. The molecule has 2 aromatic carbocycles. The van der Waals surface area contributed by atoms with E-state index in [9.17, 15) is 9.18 Å².